The number of rotatable bonds is 8. The molecule has 0 aromatic carbocycles. The van der Waals surface area contributed by atoms with E-state index in [0.717, 1.165) is 31.6 Å². The quantitative estimate of drug-likeness (QED) is 0.645. The molecule has 1 saturated carbocycles. The van der Waals surface area contributed by atoms with Gasteiger partial charge in [-0.15, -0.1) is 0 Å². The third-order valence-corrected chi connectivity index (χ3v) is 7.55. The third kappa shape index (κ3) is 4.94. The Balaban J connectivity index is 1.89. The number of aromatic amines is 1. The van der Waals surface area contributed by atoms with Crippen molar-refractivity contribution in [3.05, 3.63) is 20.8 Å². The molecule has 2 heterocycles. The number of hydrogen-bond donors (Lipinski definition) is 2. The maximum Gasteiger partial charge on any atom is 0.330 e. The van der Waals surface area contributed by atoms with E-state index in [0.29, 0.717) is 30.8 Å². The number of amides is 1. The summed E-state index contributed by atoms with van der Waals surface area (Å²) in [6, 6.07) is 0.430. The van der Waals surface area contributed by atoms with Gasteiger partial charge in [0.25, 0.3) is 5.56 Å². The minimum absolute atomic E-state index is 0.0831. The molecule has 1 amide bonds. The largest absolute Gasteiger partial charge is 0.383 e. The molecule has 30 heavy (non-hydrogen) atoms. The topological polar surface area (TPSA) is 104 Å². The SMILES string of the molecule is CCCCN(C(=O)CN1CCS[C@H]2CCCC[C@H]21)c1c(N)n(CCC)c(=O)[nH]c1=O. The number of carbonyl (C=O) groups is 1. The van der Waals surface area contributed by atoms with E-state index in [-0.39, 0.29) is 24.0 Å². The Kier molecular flexibility index (Phi) is 8.05. The maximum atomic E-state index is 13.4. The summed E-state index contributed by atoms with van der Waals surface area (Å²) in [5, 5.41) is 0.601. The number of anilines is 2. The lowest BCUT2D eigenvalue weighted by Gasteiger charge is -2.43. The van der Waals surface area contributed by atoms with Crippen LogP contribution in [0, 0.1) is 0 Å². The van der Waals surface area contributed by atoms with E-state index in [9.17, 15) is 14.4 Å². The zero-order valence-corrected chi connectivity index (χ0v) is 19.0. The number of hydrogen-bond acceptors (Lipinski definition) is 6. The Labute approximate surface area is 182 Å². The molecular formula is C21H35N5O3S. The van der Waals surface area contributed by atoms with Gasteiger partial charge in [0.1, 0.15) is 5.82 Å². The molecule has 1 aromatic heterocycles. The fraction of sp³-hybridized carbons (Fsp3) is 0.762. The first-order valence-corrected chi connectivity index (χ1v) is 12.3. The zero-order chi connectivity index (χ0) is 21.7. The van der Waals surface area contributed by atoms with Crippen molar-refractivity contribution < 1.29 is 4.79 Å². The molecule has 0 bridgehead atoms. The van der Waals surface area contributed by atoms with Crippen molar-refractivity contribution >= 4 is 29.2 Å². The van der Waals surface area contributed by atoms with Crippen LogP contribution in [0.25, 0.3) is 0 Å². The summed E-state index contributed by atoms with van der Waals surface area (Å²) in [5.74, 6) is 1.01. The van der Waals surface area contributed by atoms with E-state index in [1.807, 2.05) is 25.6 Å². The number of nitrogens with one attached hydrogen (secondary N) is 1. The van der Waals surface area contributed by atoms with Crippen molar-refractivity contribution in [1.82, 2.24) is 14.5 Å². The molecule has 0 spiro atoms. The van der Waals surface area contributed by atoms with Crippen LogP contribution in [0.2, 0.25) is 0 Å². The Bertz CT molecular complexity index is 850. The molecule has 2 atom stereocenters. The summed E-state index contributed by atoms with van der Waals surface area (Å²) in [6.07, 6.45) is 7.18. The molecule has 2 aliphatic rings. The highest BCUT2D eigenvalue weighted by molar-refractivity contribution is 8.00. The minimum Gasteiger partial charge on any atom is -0.383 e. The Morgan fingerprint density at radius 2 is 2.00 bits per heavy atom. The average Bonchev–Trinajstić information content (AvgIpc) is 2.73. The number of nitrogen functional groups attached to an aromatic ring is 1. The Morgan fingerprint density at radius 1 is 1.23 bits per heavy atom. The lowest BCUT2D eigenvalue weighted by atomic mass is 9.93. The van der Waals surface area contributed by atoms with Gasteiger partial charge in [0.15, 0.2) is 5.69 Å². The highest BCUT2D eigenvalue weighted by atomic mass is 32.2. The smallest absolute Gasteiger partial charge is 0.330 e. The number of nitrogens with zero attached hydrogens (tertiary/aromatic N) is 3. The van der Waals surface area contributed by atoms with E-state index in [4.69, 9.17) is 5.73 Å². The van der Waals surface area contributed by atoms with Crippen LogP contribution >= 0.6 is 11.8 Å². The number of H-pyrrole nitrogens is 1. The fourth-order valence-corrected chi connectivity index (χ4v) is 6.10. The van der Waals surface area contributed by atoms with Crippen molar-refractivity contribution in [2.75, 3.05) is 36.0 Å². The van der Waals surface area contributed by atoms with Gasteiger partial charge in [-0.05, 0) is 25.7 Å². The monoisotopic (exact) mass is 437 g/mol. The zero-order valence-electron chi connectivity index (χ0n) is 18.2. The first kappa shape index (κ1) is 22.9. The van der Waals surface area contributed by atoms with Crippen LogP contribution in [0.4, 0.5) is 11.5 Å². The van der Waals surface area contributed by atoms with Crippen molar-refractivity contribution in [3.63, 3.8) is 0 Å². The molecule has 1 aliphatic carbocycles. The van der Waals surface area contributed by atoms with Gasteiger partial charge in [0.05, 0.1) is 6.54 Å². The van der Waals surface area contributed by atoms with Crippen LogP contribution in [0.15, 0.2) is 9.59 Å². The van der Waals surface area contributed by atoms with E-state index >= 15 is 0 Å². The lowest BCUT2D eigenvalue weighted by Crippen LogP contribution is -2.53. The van der Waals surface area contributed by atoms with Crippen LogP contribution in [0.5, 0.6) is 0 Å². The van der Waals surface area contributed by atoms with Crippen molar-refractivity contribution in [2.24, 2.45) is 0 Å². The molecule has 3 rings (SSSR count). The molecule has 2 fully saturated rings. The number of aromatic nitrogens is 2. The molecule has 1 aromatic rings. The maximum absolute atomic E-state index is 13.4. The van der Waals surface area contributed by atoms with Crippen molar-refractivity contribution in [3.8, 4) is 0 Å². The first-order chi connectivity index (χ1) is 14.5. The summed E-state index contributed by atoms with van der Waals surface area (Å²) < 4.78 is 1.36. The predicted octanol–water partition coefficient (Wildman–Crippen LogP) is 2.02. The minimum atomic E-state index is -0.584. The van der Waals surface area contributed by atoms with Gasteiger partial charge in [-0.25, -0.2) is 4.79 Å². The molecule has 8 nitrogen and oxygen atoms in total. The van der Waals surface area contributed by atoms with Gasteiger partial charge < -0.3 is 10.6 Å². The summed E-state index contributed by atoms with van der Waals surface area (Å²) in [7, 11) is 0. The molecular weight excluding hydrogens is 402 g/mol. The fourth-order valence-electron chi connectivity index (χ4n) is 4.59. The highest BCUT2D eigenvalue weighted by Gasteiger charge is 2.36. The highest BCUT2D eigenvalue weighted by Crippen LogP contribution is 2.35. The van der Waals surface area contributed by atoms with E-state index in [2.05, 4.69) is 9.88 Å². The molecule has 0 unspecified atom stereocenters. The Hall–Kier alpha value is -1.74. The number of unbranched alkanes of at least 4 members (excludes halogenated alkanes) is 1. The summed E-state index contributed by atoms with van der Waals surface area (Å²) in [6.45, 7) is 5.98. The van der Waals surface area contributed by atoms with Crippen LogP contribution in [0.1, 0.15) is 58.8 Å². The molecule has 168 valence electrons. The van der Waals surface area contributed by atoms with Gasteiger partial charge in [0, 0.05) is 36.7 Å². The first-order valence-electron chi connectivity index (χ1n) is 11.3. The predicted molar refractivity (Wildman–Crippen MR) is 123 cm³/mol. The number of nitrogens with two attached hydrogens (primary N) is 1. The van der Waals surface area contributed by atoms with E-state index < -0.39 is 11.2 Å². The van der Waals surface area contributed by atoms with Crippen LogP contribution in [-0.4, -0.2) is 57.0 Å². The van der Waals surface area contributed by atoms with Gasteiger partial charge in [0.2, 0.25) is 5.91 Å². The second kappa shape index (κ2) is 10.5. The van der Waals surface area contributed by atoms with Crippen LogP contribution < -0.4 is 21.9 Å². The van der Waals surface area contributed by atoms with Gasteiger partial charge in [-0.1, -0.05) is 33.1 Å². The van der Waals surface area contributed by atoms with Gasteiger partial charge in [-0.2, -0.15) is 11.8 Å². The summed E-state index contributed by atoms with van der Waals surface area (Å²) in [5.41, 5.74) is 5.26. The summed E-state index contributed by atoms with van der Waals surface area (Å²) in [4.78, 5) is 44.5. The number of fused-ring (bicyclic) bond motifs is 1. The van der Waals surface area contributed by atoms with Gasteiger partial charge >= 0.3 is 5.69 Å². The molecule has 9 heteroatoms. The molecule has 1 aliphatic heterocycles. The number of thioether (sulfide) groups is 1. The van der Waals surface area contributed by atoms with Crippen LogP contribution in [0.3, 0.4) is 0 Å². The van der Waals surface area contributed by atoms with Crippen molar-refractivity contribution in [2.45, 2.75) is 76.6 Å². The average molecular weight is 438 g/mol. The lowest BCUT2D eigenvalue weighted by molar-refractivity contribution is -0.120. The molecule has 1 saturated heterocycles. The molecule has 3 N–H and O–H groups in total. The summed E-state index contributed by atoms with van der Waals surface area (Å²) >= 11 is 2.03. The normalized spacial score (nSPS) is 21.9. The third-order valence-electron chi connectivity index (χ3n) is 6.15. The standard InChI is InChI=1S/C21H35N5O3S/c1-3-5-11-25(18-19(22)26(10-4-2)21(29)23-20(18)28)17(27)14-24-12-13-30-16-9-7-6-8-15(16)24/h15-16H,3-14,22H2,1-2H3,(H,23,28,29)/t15-,16+/m1/s1. The second-order valence-corrected chi connectivity index (χ2v) is 9.62. The molecule has 0 radical (unpaired) electrons. The number of carbonyl (C=O) groups excluding carboxylic acids is 1. The van der Waals surface area contributed by atoms with E-state index in [1.165, 1.54) is 28.7 Å². The van der Waals surface area contributed by atoms with Crippen molar-refractivity contribution in [1.29, 1.82) is 0 Å². The van der Waals surface area contributed by atoms with E-state index in [1.54, 1.807) is 0 Å². The van der Waals surface area contributed by atoms with Crippen LogP contribution in [-0.2, 0) is 11.3 Å². The Morgan fingerprint density at radius 3 is 2.73 bits per heavy atom. The second-order valence-electron chi connectivity index (χ2n) is 8.28. The van der Waals surface area contributed by atoms with Gasteiger partial charge in [-0.3, -0.25) is 24.0 Å².